The maximum absolute atomic E-state index is 12.3. The van der Waals surface area contributed by atoms with Crippen LogP contribution in [0.25, 0.3) is 0 Å². The summed E-state index contributed by atoms with van der Waals surface area (Å²) >= 11 is 0. The summed E-state index contributed by atoms with van der Waals surface area (Å²) in [6, 6.07) is 6.56. The second-order valence-electron chi connectivity index (χ2n) is 4.80. The molecule has 0 aromatic heterocycles. The molecule has 2 aliphatic carbocycles. The van der Waals surface area contributed by atoms with Crippen LogP contribution in [-0.2, 0) is 0 Å². The monoisotopic (exact) mass is 256 g/mol. The maximum atomic E-state index is 12.3. The topological polar surface area (TPSA) is 74.6 Å². The van der Waals surface area contributed by atoms with Gasteiger partial charge in [0.05, 0.1) is 11.8 Å². The van der Waals surface area contributed by atoms with E-state index in [0.29, 0.717) is 11.1 Å². The lowest BCUT2D eigenvalue weighted by molar-refractivity contribution is -0.153. The highest BCUT2D eigenvalue weighted by atomic mass is 16.5. The van der Waals surface area contributed by atoms with Crippen LogP contribution in [0.15, 0.2) is 48.6 Å². The summed E-state index contributed by atoms with van der Waals surface area (Å²) < 4.78 is 0. The Morgan fingerprint density at radius 1 is 0.947 bits per heavy atom. The molecule has 4 heteroatoms. The Labute approximate surface area is 109 Å². The van der Waals surface area contributed by atoms with Crippen molar-refractivity contribution in [2.24, 2.45) is 11.8 Å². The van der Waals surface area contributed by atoms with Crippen LogP contribution in [0.2, 0.25) is 0 Å². The van der Waals surface area contributed by atoms with Crippen molar-refractivity contribution >= 4 is 11.6 Å². The molecular formula is C15H12O4. The second kappa shape index (κ2) is 3.98. The number of aliphatic hydroxyl groups is 2. The minimum Gasteiger partial charge on any atom is -0.362 e. The molecule has 1 aromatic carbocycles. The van der Waals surface area contributed by atoms with Gasteiger partial charge in [0.2, 0.25) is 0 Å². The Morgan fingerprint density at radius 3 is 2.05 bits per heavy atom. The minimum atomic E-state index is -2.17. The van der Waals surface area contributed by atoms with Gasteiger partial charge in [0, 0.05) is 11.1 Å². The van der Waals surface area contributed by atoms with Gasteiger partial charge < -0.3 is 10.2 Å². The first-order chi connectivity index (χ1) is 9.02. The molecule has 0 radical (unpaired) electrons. The van der Waals surface area contributed by atoms with Crippen molar-refractivity contribution in [3.63, 3.8) is 0 Å². The summed E-state index contributed by atoms with van der Waals surface area (Å²) in [6.07, 6.45) is 5.76. The van der Waals surface area contributed by atoms with Crippen molar-refractivity contribution in [3.8, 4) is 0 Å². The van der Waals surface area contributed by atoms with Gasteiger partial charge in [-0.05, 0) is 6.08 Å². The zero-order chi connectivity index (χ0) is 13.6. The van der Waals surface area contributed by atoms with Crippen molar-refractivity contribution < 1.29 is 19.8 Å². The Bertz CT molecular complexity index is 590. The molecule has 0 bridgehead atoms. The average molecular weight is 256 g/mol. The van der Waals surface area contributed by atoms with Gasteiger partial charge in [-0.3, -0.25) is 9.59 Å². The number of Topliss-reactive ketones (excluding diaryl/α,β-unsaturated/α-hetero) is 2. The van der Waals surface area contributed by atoms with Crippen LogP contribution < -0.4 is 0 Å². The van der Waals surface area contributed by atoms with Gasteiger partial charge in [0.15, 0.2) is 17.4 Å². The number of carbonyl (C=O) groups excluding carboxylic acids is 2. The molecule has 0 saturated carbocycles. The highest BCUT2D eigenvalue weighted by molar-refractivity contribution is 6.26. The van der Waals surface area contributed by atoms with Crippen LogP contribution in [0.3, 0.4) is 0 Å². The molecule has 1 aromatic rings. The van der Waals surface area contributed by atoms with Crippen LogP contribution >= 0.6 is 0 Å². The normalized spacial score (nSPS) is 24.8. The highest BCUT2D eigenvalue weighted by Gasteiger charge is 2.49. The van der Waals surface area contributed by atoms with Gasteiger partial charge >= 0.3 is 0 Å². The standard InChI is InChI=1S/C15H12O4/c16-13-9-5-1-2-6-10(9)14(17)12(13)11-7-3-4-8-15(11,18)19/h1-8,11-12,18-19H/t11-/m1/s1. The maximum Gasteiger partial charge on any atom is 0.190 e. The predicted octanol–water partition coefficient (Wildman–Crippen LogP) is 1.10. The summed E-state index contributed by atoms with van der Waals surface area (Å²) in [5.74, 6) is -4.89. The summed E-state index contributed by atoms with van der Waals surface area (Å²) in [7, 11) is 0. The predicted molar refractivity (Wildman–Crippen MR) is 67.5 cm³/mol. The van der Waals surface area contributed by atoms with Crippen molar-refractivity contribution in [1.29, 1.82) is 0 Å². The Hall–Kier alpha value is -2.04. The molecule has 0 saturated heterocycles. The third-order valence-corrected chi connectivity index (χ3v) is 3.64. The molecule has 0 fully saturated rings. The lowest BCUT2D eigenvalue weighted by Crippen LogP contribution is -2.43. The van der Waals surface area contributed by atoms with E-state index >= 15 is 0 Å². The van der Waals surface area contributed by atoms with Gasteiger partial charge in [-0.15, -0.1) is 0 Å². The van der Waals surface area contributed by atoms with Gasteiger partial charge in [-0.2, -0.15) is 0 Å². The summed E-state index contributed by atoms with van der Waals surface area (Å²) in [4.78, 5) is 24.6. The molecule has 0 heterocycles. The van der Waals surface area contributed by atoms with Crippen LogP contribution in [0, 0.1) is 11.8 Å². The van der Waals surface area contributed by atoms with E-state index in [1.807, 2.05) is 0 Å². The highest BCUT2D eigenvalue weighted by Crippen LogP contribution is 2.38. The minimum absolute atomic E-state index is 0.349. The van der Waals surface area contributed by atoms with Gasteiger partial charge in [0.1, 0.15) is 0 Å². The fourth-order valence-electron chi connectivity index (χ4n) is 2.68. The first kappa shape index (κ1) is 12.0. The van der Waals surface area contributed by atoms with E-state index in [1.165, 1.54) is 18.2 Å². The zero-order valence-corrected chi connectivity index (χ0v) is 9.98. The lowest BCUT2D eigenvalue weighted by Gasteiger charge is -2.31. The van der Waals surface area contributed by atoms with Crippen molar-refractivity contribution in [3.05, 3.63) is 59.7 Å². The quantitative estimate of drug-likeness (QED) is 0.583. The third-order valence-electron chi connectivity index (χ3n) is 3.64. The Kier molecular flexibility index (Phi) is 2.52. The molecule has 4 nitrogen and oxygen atoms in total. The van der Waals surface area contributed by atoms with E-state index in [1.54, 1.807) is 30.3 Å². The van der Waals surface area contributed by atoms with Gasteiger partial charge in [-0.25, -0.2) is 0 Å². The van der Waals surface area contributed by atoms with E-state index in [2.05, 4.69) is 0 Å². The van der Waals surface area contributed by atoms with Gasteiger partial charge in [0.25, 0.3) is 0 Å². The van der Waals surface area contributed by atoms with Crippen LogP contribution in [0.1, 0.15) is 20.7 Å². The number of carbonyl (C=O) groups is 2. The van der Waals surface area contributed by atoms with E-state index in [9.17, 15) is 19.8 Å². The number of allylic oxidation sites excluding steroid dienone is 2. The Balaban J connectivity index is 2.05. The number of benzene rings is 1. The van der Waals surface area contributed by atoms with E-state index < -0.39 is 17.6 Å². The second-order valence-corrected chi connectivity index (χ2v) is 4.80. The summed E-state index contributed by atoms with van der Waals surface area (Å²) in [5.41, 5.74) is 0.715. The van der Waals surface area contributed by atoms with Crippen LogP contribution in [0.5, 0.6) is 0 Å². The molecule has 2 N–H and O–H groups in total. The molecule has 0 unspecified atom stereocenters. The Morgan fingerprint density at radius 2 is 1.53 bits per heavy atom. The number of hydrogen-bond donors (Lipinski definition) is 2. The molecule has 0 amide bonds. The van der Waals surface area contributed by atoms with Crippen LogP contribution in [0.4, 0.5) is 0 Å². The first-order valence-electron chi connectivity index (χ1n) is 6.00. The number of rotatable bonds is 1. The van der Waals surface area contributed by atoms with E-state index in [4.69, 9.17) is 0 Å². The van der Waals surface area contributed by atoms with Crippen molar-refractivity contribution in [2.45, 2.75) is 5.79 Å². The smallest absolute Gasteiger partial charge is 0.190 e. The molecule has 19 heavy (non-hydrogen) atoms. The third kappa shape index (κ3) is 1.69. The molecule has 0 spiro atoms. The fraction of sp³-hybridized carbons (Fsp3) is 0.200. The summed E-state index contributed by atoms with van der Waals surface area (Å²) in [6.45, 7) is 0. The van der Waals surface area contributed by atoms with Crippen LogP contribution in [-0.4, -0.2) is 27.6 Å². The van der Waals surface area contributed by atoms with Crippen molar-refractivity contribution in [1.82, 2.24) is 0 Å². The molecule has 3 rings (SSSR count). The lowest BCUT2D eigenvalue weighted by atomic mass is 9.79. The molecule has 1 atom stereocenters. The van der Waals surface area contributed by atoms with Gasteiger partial charge in [-0.1, -0.05) is 42.5 Å². The average Bonchev–Trinajstić information content (AvgIpc) is 2.63. The largest absolute Gasteiger partial charge is 0.362 e. The zero-order valence-electron chi connectivity index (χ0n) is 9.98. The number of hydrogen-bond acceptors (Lipinski definition) is 4. The molecule has 96 valence electrons. The summed E-state index contributed by atoms with van der Waals surface area (Å²) in [5, 5.41) is 19.8. The SMILES string of the molecule is O=C1c2ccccc2C(=O)C1[C@H]1C=CC=CC1(O)O. The van der Waals surface area contributed by atoms with E-state index in [0.717, 1.165) is 0 Å². The molecular weight excluding hydrogens is 244 g/mol. The molecule has 0 aliphatic heterocycles. The molecule has 2 aliphatic rings. The number of ketones is 2. The first-order valence-corrected chi connectivity index (χ1v) is 6.00. The van der Waals surface area contributed by atoms with E-state index in [-0.39, 0.29) is 11.6 Å². The number of fused-ring (bicyclic) bond motifs is 1. The fourth-order valence-corrected chi connectivity index (χ4v) is 2.68. The van der Waals surface area contributed by atoms with Crippen molar-refractivity contribution in [2.75, 3.05) is 0 Å².